The predicted octanol–water partition coefficient (Wildman–Crippen LogP) is 7.52. The first-order valence-electron chi connectivity index (χ1n) is 18.3. The Morgan fingerprint density at radius 1 is 0.900 bits per heavy atom. The number of nitrogens with zero attached hydrogens (tertiary/aromatic N) is 4. The average Bonchev–Trinajstić information content (AvgIpc) is 3.31. The van der Waals surface area contributed by atoms with Crippen LogP contribution in [0.15, 0.2) is 45.3 Å². The van der Waals surface area contributed by atoms with E-state index in [2.05, 4.69) is 60.0 Å². The lowest BCUT2D eigenvalue weighted by molar-refractivity contribution is -0.136. The molecule has 2 N–H and O–H groups in total. The SMILES string of the molecule is CCC1CCN(C2CCN(C(=O)[C@H](C)Cc3cc(Br)c(O)c(Br)c3)CC2)CC1.COC(=O)N1CCC(N2CCc3ccccc3NC2=O)CC1. The molecule has 4 amide bonds. The van der Waals surface area contributed by atoms with Gasteiger partial charge in [0.15, 0.2) is 0 Å². The number of halogens is 2. The Morgan fingerprint density at radius 2 is 1.50 bits per heavy atom. The van der Waals surface area contributed by atoms with Gasteiger partial charge in [-0.05, 0) is 132 Å². The van der Waals surface area contributed by atoms with E-state index in [-0.39, 0.29) is 35.7 Å². The second-order valence-electron chi connectivity index (χ2n) is 14.2. The van der Waals surface area contributed by atoms with Crippen LogP contribution in [-0.2, 0) is 22.4 Å². The van der Waals surface area contributed by atoms with Crippen molar-refractivity contribution in [2.75, 3.05) is 58.2 Å². The van der Waals surface area contributed by atoms with Gasteiger partial charge in [0.25, 0.3) is 0 Å². The number of piperidine rings is 3. The molecule has 3 saturated heterocycles. The molecule has 1 atom stereocenters. The number of rotatable bonds is 6. The van der Waals surface area contributed by atoms with Gasteiger partial charge in [-0.1, -0.05) is 38.5 Å². The zero-order valence-electron chi connectivity index (χ0n) is 29.7. The summed E-state index contributed by atoms with van der Waals surface area (Å²) < 4.78 is 6.06. The maximum atomic E-state index is 12.9. The summed E-state index contributed by atoms with van der Waals surface area (Å²) >= 11 is 6.75. The summed E-state index contributed by atoms with van der Waals surface area (Å²) in [5.41, 5.74) is 3.12. The number of amides is 4. The highest BCUT2D eigenvalue weighted by atomic mass is 79.9. The van der Waals surface area contributed by atoms with Crippen LogP contribution in [0.25, 0.3) is 0 Å². The number of urea groups is 1. The molecule has 4 heterocycles. The second-order valence-corrected chi connectivity index (χ2v) is 15.9. The normalized spacial score (nSPS) is 20.3. The Labute approximate surface area is 314 Å². The van der Waals surface area contributed by atoms with Crippen LogP contribution in [0, 0.1) is 11.8 Å². The first-order valence-corrected chi connectivity index (χ1v) is 19.8. The van der Waals surface area contributed by atoms with Crippen molar-refractivity contribution in [3.63, 3.8) is 0 Å². The van der Waals surface area contributed by atoms with Crippen LogP contribution in [-0.4, -0.2) is 108 Å². The van der Waals surface area contributed by atoms with Crippen molar-refractivity contribution in [2.24, 2.45) is 11.8 Å². The van der Waals surface area contributed by atoms with Gasteiger partial charge in [0, 0.05) is 56.4 Å². The summed E-state index contributed by atoms with van der Waals surface area (Å²) in [4.78, 5) is 45.3. The number of ether oxygens (including phenoxy) is 1. The van der Waals surface area contributed by atoms with Gasteiger partial charge >= 0.3 is 12.1 Å². The Balaban J connectivity index is 0.000000200. The summed E-state index contributed by atoms with van der Waals surface area (Å²) in [6.07, 6.45) is 9.02. The van der Waals surface area contributed by atoms with Crippen LogP contribution in [0.3, 0.4) is 0 Å². The van der Waals surface area contributed by atoms with E-state index in [9.17, 15) is 19.5 Å². The number of phenolic OH excluding ortho intramolecular Hbond substituents is 1. The van der Waals surface area contributed by atoms with Gasteiger partial charge in [-0.15, -0.1) is 0 Å². The van der Waals surface area contributed by atoms with Crippen molar-refractivity contribution < 1.29 is 24.2 Å². The summed E-state index contributed by atoms with van der Waals surface area (Å²) in [5, 5.41) is 12.9. The molecule has 4 aliphatic heterocycles. The van der Waals surface area contributed by atoms with E-state index in [1.807, 2.05) is 42.2 Å². The van der Waals surface area contributed by atoms with E-state index < -0.39 is 0 Å². The van der Waals surface area contributed by atoms with E-state index in [1.165, 1.54) is 45.0 Å². The molecule has 10 nitrogen and oxygen atoms in total. The second kappa shape index (κ2) is 18.1. The molecular formula is C38H53Br2N5O5. The van der Waals surface area contributed by atoms with Crippen molar-refractivity contribution in [3.05, 3.63) is 56.5 Å². The number of phenols is 1. The molecule has 0 aromatic heterocycles. The van der Waals surface area contributed by atoms with Gasteiger partial charge < -0.3 is 34.8 Å². The van der Waals surface area contributed by atoms with Gasteiger partial charge in [-0.2, -0.15) is 0 Å². The number of anilines is 1. The third-order valence-electron chi connectivity index (χ3n) is 11.0. The van der Waals surface area contributed by atoms with Crippen molar-refractivity contribution in [2.45, 2.75) is 83.7 Å². The Bertz CT molecular complexity index is 1450. The molecule has 6 rings (SSSR count). The highest BCUT2D eigenvalue weighted by Crippen LogP contribution is 2.34. The summed E-state index contributed by atoms with van der Waals surface area (Å²) in [7, 11) is 1.40. The number of nitrogens with one attached hydrogen (secondary N) is 1. The highest BCUT2D eigenvalue weighted by Gasteiger charge is 2.32. The van der Waals surface area contributed by atoms with Crippen molar-refractivity contribution in [1.82, 2.24) is 19.6 Å². The number of likely N-dealkylation sites (tertiary alicyclic amines) is 3. The molecule has 2 aromatic carbocycles. The number of methoxy groups -OCH3 is 1. The molecule has 4 aliphatic rings. The molecular weight excluding hydrogens is 766 g/mol. The van der Waals surface area contributed by atoms with Gasteiger partial charge in [0.2, 0.25) is 5.91 Å². The Kier molecular flexibility index (Phi) is 13.9. The van der Waals surface area contributed by atoms with Crippen LogP contribution in [0.2, 0.25) is 0 Å². The van der Waals surface area contributed by atoms with E-state index >= 15 is 0 Å². The number of para-hydroxylation sites is 1. The quantitative estimate of drug-likeness (QED) is 0.313. The number of hydrogen-bond donors (Lipinski definition) is 2. The largest absolute Gasteiger partial charge is 0.506 e. The smallest absolute Gasteiger partial charge is 0.409 e. The third-order valence-corrected chi connectivity index (χ3v) is 12.2. The molecule has 3 fully saturated rings. The van der Waals surface area contributed by atoms with E-state index in [0.717, 1.165) is 62.4 Å². The summed E-state index contributed by atoms with van der Waals surface area (Å²) in [6, 6.07) is 12.5. The third kappa shape index (κ3) is 9.73. The lowest BCUT2D eigenvalue weighted by Gasteiger charge is -2.42. The van der Waals surface area contributed by atoms with Gasteiger partial charge in [-0.25, -0.2) is 9.59 Å². The lowest BCUT2D eigenvalue weighted by atomic mass is 9.91. The zero-order chi connectivity index (χ0) is 35.8. The first-order chi connectivity index (χ1) is 24.1. The van der Waals surface area contributed by atoms with Gasteiger partial charge in [0.1, 0.15) is 5.75 Å². The van der Waals surface area contributed by atoms with Crippen molar-refractivity contribution in [1.29, 1.82) is 0 Å². The zero-order valence-corrected chi connectivity index (χ0v) is 32.9. The van der Waals surface area contributed by atoms with E-state index in [4.69, 9.17) is 4.74 Å². The Hall–Kier alpha value is -2.83. The molecule has 0 spiro atoms. The minimum absolute atomic E-state index is 0.0403. The van der Waals surface area contributed by atoms with Gasteiger partial charge in [0.05, 0.1) is 16.1 Å². The molecule has 50 heavy (non-hydrogen) atoms. The molecule has 2 aromatic rings. The number of benzene rings is 2. The number of carbonyl (C=O) groups excluding carboxylic acids is 3. The maximum absolute atomic E-state index is 12.9. The number of fused-ring (bicyclic) bond motifs is 1. The van der Waals surface area contributed by atoms with Crippen molar-refractivity contribution >= 4 is 55.6 Å². The molecule has 0 radical (unpaired) electrons. The van der Waals surface area contributed by atoms with Gasteiger partial charge in [-0.3, -0.25) is 4.79 Å². The fourth-order valence-electron chi connectivity index (χ4n) is 7.89. The Morgan fingerprint density at radius 3 is 2.12 bits per heavy atom. The molecule has 274 valence electrons. The lowest BCUT2D eigenvalue weighted by Crippen LogP contribution is -2.50. The molecule has 0 aliphatic carbocycles. The average molecular weight is 820 g/mol. The van der Waals surface area contributed by atoms with E-state index in [1.54, 1.807) is 4.90 Å². The molecule has 0 bridgehead atoms. The molecule has 0 unspecified atom stereocenters. The fourth-order valence-corrected chi connectivity index (χ4v) is 9.17. The van der Waals surface area contributed by atoms with Crippen LogP contribution in [0.4, 0.5) is 15.3 Å². The standard InChI is InChI=1S/C22H32Br2N2O2.C16H21N3O3/c1-3-16-4-8-25(9-5-16)18-6-10-26(11-7-18)22(28)15(2)12-17-13-19(23)21(27)20(24)14-17;1-22-16(21)18-9-7-13(8-10-18)19-11-6-12-4-2-3-5-14(12)17-15(19)20/h13-16,18,27H,3-12H2,1-2H3;2-5,13H,6-11H2,1H3,(H,17,20)/t15-;/m1./s1. The fraction of sp³-hybridized carbons (Fsp3) is 0.605. The minimum atomic E-state index is -0.286. The first kappa shape index (κ1) is 38.4. The highest BCUT2D eigenvalue weighted by molar-refractivity contribution is 9.11. The van der Waals surface area contributed by atoms with E-state index in [0.29, 0.717) is 41.0 Å². The molecule has 12 heteroatoms. The topological polar surface area (TPSA) is 106 Å². The van der Waals surface area contributed by atoms with Crippen LogP contribution in [0.5, 0.6) is 5.75 Å². The predicted molar refractivity (Wildman–Crippen MR) is 203 cm³/mol. The maximum Gasteiger partial charge on any atom is 0.409 e. The summed E-state index contributed by atoms with van der Waals surface area (Å²) in [5.74, 6) is 1.31. The monoisotopic (exact) mass is 817 g/mol. The van der Waals surface area contributed by atoms with Crippen molar-refractivity contribution in [3.8, 4) is 5.75 Å². The number of carbonyl (C=O) groups is 3. The number of aromatic hydroxyl groups is 1. The molecule has 0 saturated carbocycles. The van der Waals surface area contributed by atoms with Crippen LogP contribution in [0.1, 0.15) is 69.9 Å². The number of hydrogen-bond acceptors (Lipinski definition) is 6. The minimum Gasteiger partial charge on any atom is -0.506 e. The van der Waals surface area contributed by atoms with Crippen LogP contribution < -0.4 is 5.32 Å². The van der Waals surface area contributed by atoms with Crippen LogP contribution >= 0.6 is 31.9 Å². The summed E-state index contributed by atoms with van der Waals surface area (Å²) in [6.45, 7) is 10.5.